The van der Waals surface area contributed by atoms with Gasteiger partial charge in [0.05, 0.1) is 11.5 Å². The molecule has 1 aromatic heterocycles. The lowest BCUT2D eigenvalue weighted by Crippen LogP contribution is -2.41. The molecule has 0 radical (unpaired) electrons. The molecule has 0 spiro atoms. The maximum Gasteiger partial charge on any atom is 0.107 e. The molecule has 0 unspecified atom stereocenters. The normalized spacial score (nSPS) is 17.5. The monoisotopic (exact) mass is 318 g/mol. The van der Waals surface area contributed by atoms with Crippen molar-refractivity contribution in [2.75, 3.05) is 26.4 Å². The van der Waals surface area contributed by atoms with Gasteiger partial charge in [0, 0.05) is 37.9 Å². The Morgan fingerprint density at radius 1 is 1.23 bits per heavy atom. The van der Waals surface area contributed by atoms with E-state index in [9.17, 15) is 5.11 Å². The molecule has 1 saturated heterocycles. The molecule has 0 atom stereocenters. The first-order chi connectivity index (χ1) is 10.8. The van der Waals surface area contributed by atoms with E-state index in [-0.39, 0.29) is 12.0 Å². The summed E-state index contributed by atoms with van der Waals surface area (Å²) in [6.07, 6.45) is 3.78. The molecule has 4 nitrogen and oxygen atoms in total. The first kappa shape index (κ1) is 15.6. The van der Waals surface area contributed by atoms with Crippen molar-refractivity contribution in [3.05, 3.63) is 41.5 Å². The summed E-state index contributed by atoms with van der Waals surface area (Å²) in [5.41, 5.74) is 1.18. The lowest BCUT2D eigenvalue weighted by atomic mass is 9.81. The van der Waals surface area contributed by atoms with E-state index in [1.807, 2.05) is 24.4 Å². The molecule has 5 heteroatoms. The predicted octanol–water partition coefficient (Wildman–Crippen LogP) is 2.69. The Kier molecular flexibility index (Phi) is 5.20. The van der Waals surface area contributed by atoms with Gasteiger partial charge in [-0.05, 0) is 18.4 Å². The van der Waals surface area contributed by atoms with Crippen LogP contribution in [0, 0.1) is 5.41 Å². The van der Waals surface area contributed by atoms with Crippen LogP contribution < -0.4 is 5.32 Å². The molecule has 0 aliphatic carbocycles. The summed E-state index contributed by atoms with van der Waals surface area (Å²) in [7, 11) is 0. The number of nitrogens with zero attached hydrogens (tertiary/aromatic N) is 1. The summed E-state index contributed by atoms with van der Waals surface area (Å²) in [4.78, 5) is 5.69. The van der Waals surface area contributed by atoms with E-state index in [1.165, 1.54) is 10.4 Å². The van der Waals surface area contributed by atoms with Crippen molar-refractivity contribution in [1.29, 1.82) is 0 Å². The third-order valence-corrected chi connectivity index (χ3v) is 5.32. The Labute approximate surface area is 135 Å². The van der Waals surface area contributed by atoms with Crippen molar-refractivity contribution in [2.45, 2.75) is 19.4 Å². The molecule has 1 fully saturated rings. The largest absolute Gasteiger partial charge is 0.396 e. The van der Waals surface area contributed by atoms with Crippen molar-refractivity contribution in [3.63, 3.8) is 0 Å². The van der Waals surface area contributed by atoms with Gasteiger partial charge < -0.3 is 15.2 Å². The molecular formula is C17H22N2O2S. The molecule has 1 aliphatic rings. The van der Waals surface area contributed by atoms with E-state index in [2.05, 4.69) is 22.4 Å². The smallest absolute Gasteiger partial charge is 0.107 e. The van der Waals surface area contributed by atoms with Gasteiger partial charge in [-0.1, -0.05) is 30.3 Å². The zero-order valence-electron chi connectivity index (χ0n) is 12.6. The summed E-state index contributed by atoms with van der Waals surface area (Å²) >= 11 is 1.72. The minimum Gasteiger partial charge on any atom is -0.396 e. The number of aliphatic hydroxyl groups is 1. The van der Waals surface area contributed by atoms with Crippen LogP contribution in [0.2, 0.25) is 0 Å². The summed E-state index contributed by atoms with van der Waals surface area (Å²) < 4.78 is 5.39. The second kappa shape index (κ2) is 7.33. The summed E-state index contributed by atoms with van der Waals surface area (Å²) in [5, 5.41) is 14.2. The van der Waals surface area contributed by atoms with Crippen LogP contribution in [-0.2, 0) is 11.3 Å². The van der Waals surface area contributed by atoms with Gasteiger partial charge >= 0.3 is 0 Å². The van der Waals surface area contributed by atoms with Gasteiger partial charge in [-0.15, -0.1) is 11.3 Å². The molecule has 1 aliphatic heterocycles. The van der Waals surface area contributed by atoms with Crippen molar-refractivity contribution in [3.8, 4) is 10.4 Å². The first-order valence-electron chi connectivity index (χ1n) is 7.71. The van der Waals surface area contributed by atoms with Crippen LogP contribution in [0.15, 0.2) is 36.5 Å². The third kappa shape index (κ3) is 3.73. The Balaban J connectivity index is 1.55. The molecule has 2 N–H and O–H groups in total. The van der Waals surface area contributed by atoms with Gasteiger partial charge in [-0.3, -0.25) is 0 Å². The maximum absolute atomic E-state index is 9.68. The molecular weight excluding hydrogens is 296 g/mol. The molecule has 0 amide bonds. The summed E-state index contributed by atoms with van der Waals surface area (Å²) in [5.74, 6) is 0. The third-order valence-electron chi connectivity index (χ3n) is 4.28. The summed E-state index contributed by atoms with van der Waals surface area (Å²) in [6, 6.07) is 10.3. The number of thiazole rings is 1. The topological polar surface area (TPSA) is 54.4 Å². The van der Waals surface area contributed by atoms with Crippen molar-refractivity contribution < 1.29 is 9.84 Å². The molecule has 2 heterocycles. The van der Waals surface area contributed by atoms with Gasteiger partial charge in [0.15, 0.2) is 0 Å². The van der Waals surface area contributed by atoms with Crippen LogP contribution in [0.5, 0.6) is 0 Å². The van der Waals surface area contributed by atoms with E-state index < -0.39 is 0 Å². The zero-order valence-corrected chi connectivity index (χ0v) is 13.4. The molecule has 0 bridgehead atoms. The molecule has 22 heavy (non-hydrogen) atoms. The lowest BCUT2D eigenvalue weighted by Gasteiger charge is -2.35. The highest BCUT2D eigenvalue weighted by Crippen LogP contribution is 2.29. The van der Waals surface area contributed by atoms with E-state index in [1.54, 1.807) is 11.3 Å². The Morgan fingerprint density at radius 2 is 2.00 bits per heavy atom. The van der Waals surface area contributed by atoms with E-state index >= 15 is 0 Å². The van der Waals surface area contributed by atoms with Gasteiger partial charge in [0.1, 0.15) is 5.01 Å². The van der Waals surface area contributed by atoms with Gasteiger partial charge in [0.2, 0.25) is 0 Å². The standard InChI is InChI=1S/C17H22N2O2S/c20-13-17(6-8-21-9-7-17)12-18-11-16-19-10-15(22-16)14-4-2-1-3-5-14/h1-5,10,18,20H,6-9,11-13H2. The number of aliphatic hydroxyl groups excluding tert-OH is 1. The molecule has 3 rings (SSSR count). The van der Waals surface area contributed by atoms with Crippen LogP contribution in [0.1, 0.15) is 17.8 Å². The fourth-order valence-electron chi connectivity index (χ4n) is 2.76. The van der Waals surface area contributed by atoms with Gasteiger partial charge in [0.25, 0.3) is 0 Å². The number of nitrogens with one attached hydrogen (secondary N) is 1. The number of rotatable bonds is 6. The Bertz CT molecular complexity index is 579. The van der Waals surface area contributed by atoms with Crippen LogP contribution in [0.25, 0.3) is 10.4 Å². The van der Waals surface area contributed by atoms with Crippen LogP contribution in [-0.4, -0.2) is 36.5 Å². The van der Waals surface area contributed by atoms with E-state index in [0.29, 0.717) is 0 Å². The van der Waals surface area contributed by atoms with E-state index in [0.717, 1.165) is 44.2 Å². The fourth-order valence-corrected chi connectivity index (χ4v) is 3.65. The average molecular weight is 318 g/mol. The molecule has 0 saturated carbocycles. The number of aromatic nitrogens is 1. The average Bonchev–Trinajstić information content (AvgIpc) is 3.05. The SMILES string of the molecule is OCC1(CNCc2ncc(-c3ccccc3)s2)CCOCC1. The van der Waals surface area contributed by atoms with Gasteiger partial charge in [-0.2, -0.15) is 0 Å². The highest BCUT2D eigenvalue weighted by atomic mass is 32.1. The van der Waals surface area contributed by atoms with Crippen LogP contribution >= 0.6 is 11.3 Å². The van der Waals surface area contributed by atoms with Crippen LogP contribution in [0.3, 0.4) is 0 Å². The molecule has 2 aromatic rings. The number of hydrogen-bond acceptors (Lipinski definition) is 5. The zero-order chi connectivity index (χ0) is 15.3. The fraction of sp³-hybridized carbons (Fsp3) is 0.471. The molecule has 1 aromatic carbocycles. The maximum atomic E-state index is 9.68. The first-order valence-corrected chi connectivity index (χ1v) is 8.52. The predicted molar refractivity (Wildman–Crippen MR) is 88.8 cm³/mol. The second-order valence-corrected chi connectivity index (χ2v) is 6.97. The summed E-state index contributed by atoms with van der Waals surface area (Å²) in [6.45, 7) is 3.28. The van der Waals surface area contributed by atoms with Crippen molar-refractivity contribution in [2.24, 2.45) is 5.41 Å². The Morgan fingerprint density at radius 3 is 2.73 bits per heavy atom. The number of ether oxygens (including phenoxy) is 1. The Hall–Kier alpha value is -1.27. The quantitative estimate of drug-likeness (QED) is 0.860. The number of benzene rings is 1. The van der Waals surface area contributed by atoms with Gasteiger partial charge in [-0.25, -0.2) is 4.98 Å². The molecule has 118 valence electrons. The van der Waals surface area contributed by atoms with E-state index in [4.69, 9.17) is 4.74 Å². The number of hydrogen-bond donors (Lipinski definition) is 2. The highest BCUT2D eigenvalue weighted by Gasteiger charge is 2.31. The lowest BCUT2D eigenvalue weighted by molar-refractivity contribution is -0.0154. The minimum absolute atomic E-state index is 0.0300. The second-order valence-electron chi connectivity index (χ2n) is 5.86. The van der Waals surface area contributed by atoms with Crippen molar-refractivity contribution >= 4 is 11.3 Å². The highest BCUT2D eigenvalue weighted by molar-refractivity contribution is 7.15. The van der Waals surface area contributed by atoms with Crippen LogP contribution in [0.4, 0.5) is 0 Å². The minimum atomic E-state index is -0.0300. The van der Waals surface area contributed by atoms with Crippen molar-refractivity contribution in [1.82, 2.24) is 10.3 Å².